The van der Waals surface area contributed by atoms with Crippen LogP contribution in [-0.2, 0) is 10.0 Å². The Morgan fingerprint density at radius 3 is 2.41 bits per heavy atom. The fraction of sp³-hybridized carbons (Fsp3) is 0.263. The molecule has 0 unspecified atom stereocenters. The van der Waals surface area contributed by atoms with Crippen molar-refractivity contribution in [1.82, 2.24) is 4.72 Å². The molecule has 0 radical (unpaired) electrons. The van der Waals surface area contributed by atoms with Crippen molar-refractivity contribution in [2.24, 2.45) is 0 Å². The third kappa shape index (κ3) is 4.35. The average molecular weight is 388 g/mol. The predicted octanol–water partition coefficient (Wildman–Crippen LogP) is 2.69. The van der Waals surface area contributed by atoms with Crippen molar-refractivity contribution in [1.29, 1.82) is 0 Å². The predicted molar refractivity (Wildman–Crippen MR) is 101 cm³/mol. The van der Waals surface area contributed by atoms with Gasteiger partial charge in [-0.25, -0.2) is 17.9 Å². The SMILES string of the molecule is Cc1cc(C)c(C(=O)O)cc1NC(=O)c1cccc(S(=O)(=O)NC2CC2)c1. The topological polar surface area (TPSA) is 113 Å². The van der Waals surface area contributed by atoms with E-state index < -0.39 is 21.9 Å². The molecule has 1 aliphatic carbocycles. The maximum absolute atomic E-state index is 12.6. The van der Waals surface area contributed by atoms with Gasteiger partial charge in [-0.15, -0.1) is 0 Å². The Bertz CT molecular complexity index is 1030. The van der Waals surface area contributed by atoms with Crippen molar-refractivity contribution in [3.05, 3.63) is 58.7 Å². The monoisotopic (exact) mass is 388 g/mol. The summed E-state index contributed by atoms with van der Waals surface area (Å²) in [7, 11) is -3.67. The van der Waals surface area contributed by atoms with E-state index in [9.17, 15) is 23.1 Å². The van der Waals surface area contributed by atoms with Gasteiger partial charge in [-0.1, -0.05) is 12.1 Å². The minimum absolute atomic E-state index is 0.0221. The van der Waals surface area contributed by atoms with E-state index in [0.717, 1.165) is 12.8 Å². The number of carboxylic acid groups (broad SMARTS) is 1. The molecule has 0 heterocycles. The van der Waals surface area contributed by atoms with E-state index in [2.05, 4.69) is 10.0 Å². The number of amides is 1. The molecule has 1 aliphatic rings. The first-order valence-corrected chi connectivity index (χ1v) is 9.94. The van der Waals surface area contributed by atoms with Gasteiger partial charge in [-0.3, -0.25) is 4.79 Å². The Morgan fingerprint density at radius 2 is 1.78 bits per heavy atom. The second-order valence-electron chi connectivity index (χ2n) is 6.66. The first-order chi connectivity index (χ1) is 12.7. The Kier molecular flexibility index (Phi) is 5.03. The van der Waals surface area contributed by atoms with Crippen LogP contribution >= 0.6 is 0 Å². The highest BCUT2D eigenvalue weighted by atomic mass is 32.2. The lowest BCUT2D eigenvalue weighted by Gasteiger charge is -2.12. The molecule has 1 saturated carbocycles. The van der Waals surface area contributed by atoms with E-state index in [1.165, 1.54) is 30.3 Å². The van der Waals surface area contributed by atoms with Crippen LogP contribution in [0.1, 0.15) is 44.7 Å². The smallest absolute Gasteiger partial charge is 0.336 e. The molecule has 1 fully saturated rings. The van der Waals surface area contributed by atoms with Crippen molar-refractivity contribution in [3.63, 3.8) is 0 Å². The molecule has 3 rings (SSSR count). The van der Waals surface area contributed by atoms with Crippen LogP contribution in [0.2, 0.25) is 0 Å². The van der Waals surface area contributed by atoms with Crippen LogP contribution < -0.4 is 10.0 Å². The number of benzene rings is 2. The summed E-state index contributed by atoms with van der Waals surface area (Å²) in [4.78, 5) is 23.9. The molecule has 8 heteroatoms. The van der Waals surface area contributed by atoms with Crippen molar-refractivity contribution in [2.75, 3.05) is 5.32 Å². The molecule has 7 nitrogen and oxygen atoms in total. The zero-order valence-corrected chi connectivity index (χ0v) is 15.8. The van der Waals surface area contributed by atoms with Crippen molar-refractivity contribution in [3.8, 4) is 0 Å². The Morgan fingerprint density at radius 1 is 1.07 bits per heavy atom. The molecular weight excluding hydrogens is 368 g/mol. The first-order valence-electron chi connectivity index (χ1n) is 8.45. The van der Waals surface area contributed by atoms with Gasteiger partial charge in [0, 0.05) is 17.3 Å². The third-order valence-corrected chi connectivity index (χ3v) is 5.87. The number of hydrogen-bond acceptors (Lipinski definition) is 4. The molecule has 2 aromatic rings. The summed E-state index contributed by atoms with van der Waals surface area (Å²) in [6.45, 7) is 3.44. The summed E-state index contributed by atoms with van der Waals surface area (Å²) < 4.78 is 27.2. The summed E-state index contributed by atoms with van der Waals surface area (Å²) in [5, 5.41) is 11.9. The van der Waals surface area contributed by atoms with Crippen LogP contribution in [0.3, 0.4) is 0 Å². The van der Waals surface area contributed by atoms with Gasteiger partial charge in [-0.05, 0) is 62.1 Å². The fourth-order valence-corrected chi connectivity index (χ4v) is 4.06. The number of hydrogen-bond donors (Lipinski definition) is 3. The number of anilines is 1. The van der Waals surface area contributed by atoms with Gasteiger partial charge < -0.3 is 10.4 Å². The summed E-state index contributed by atoms with van der Waals surface area (Å²) in [6, 6.07) is 8.80. The second kappa shape index (κ2) is 7.13. The first kappa shape index (κ1) is 19.1. The van der Waals surface area contributed by atoms with Gasteiger partial charge in [0.05, 0.1) is 10.5 Å². The van der Waals surface area contributed by atoms with Crippen molar-refractivity contribution >= 4 is 27.6 Å². The molecule has 1 amide bonds. The zero-order chi connectivity index (χ0) is 19.8. The molecule has 0 saturated heterocycles. The highest BCUT2D eigenvalue weighted by Crippen LogP contribution is 2.24. The maximum atomic E-state index is 12.6. The van der Waals surface area contributed by atoms with E-state index in [4.69, 9.17) is 0 Å². The van der Waals surface area contributed by atoms with E-state index in [0.29, 0.717) is 16.8 Å². The zero-order valence-electron chi connectivity index (χ0n) is 14.9. The molecule has 3 N–H and O–H groups in total. The molecule has 142 valence electrons. The van der Waals surface area contributed by atoms with E-state index >= 15 is 0 Å². The largest absolute Gasteiger partial charge is 0.478 e. The Balaban J connectivity index is 1.86. The lowest BCUT2D eigenvalue weighted by Crippen LogP contribution is -2.26. The molecular formula is C19H20N2O5S. The third-order valence-electron chi connectivity index (χ3n) is 4.36. The number of sulfonamides is 1. The van der Waals surface area contributed by atoms with Crippen LogP contribution in [0.5, 0.6) is 0 Å². The summed E-state index contributed by atoms with van der Waals surface area (Å²) in [6.07, 6.45) is 1.63. The van der Waals surface area contributed by atoms with Crippen LogP contribution in [0.25, 0.3) is 0 Å². The number of nitrogens with one attached hydrogen (secondary N) is 2. The minimum atomic E-state index is -3.67. The number of aromatic carboxylic acids is 1. The van der Waals surface area contributed by atoms with Gasteiger partial charge >= 0.3 is 5.97 Å². The molecule has 27 heavy (non-hydrogen) atoms. The van der Waals surface area contributed by atoms with Crippen molar-refractivity contribution in [2.45, 2.75) is 37.6 Å². The molecule has 0 bridgehead atoms. The average Bonchev–Trinajstić information content (AvgIpc) is 3.40. The highest BCUT2D eigenvalue weighted by Gasteiger charge is 2.28. The van der Waals surface area contributed by atoms with Gasteiger partial charge in [0.15, 0.2) is 0 Å². The normalized spacial score (nSPS) is 14.0. The van der Waals surface area contributed by atoms with Crippen LogP contribution in [-0.4, -0.2) is 31.4 Å². The molecule has 0 aromatic heterocycles. The lowest BCUT2D eigenvalue weighted by molar-refractivity contribution is 0.0695. The maximum Gasteiger partial charge on any atom is 0.336 e. The summed E-state index contributed by atoms with van der Waals surface area (Å²) in [5.41, 5.74) is 1.95. The number of rotatable bonds is 6. The standard InChI is InChI=1S/C19H20N2O5S/c1-11-8-12(2)17(10-16(11)19(23)24)20-18(22)13-4-3-5-15(9-13)27(25,26)21-14-6-7-14/h3-5,8-10,14,21H,6-7H2,1-2H3,(H,20,22)(H,23,24). The lowest BCUT2D eigenvalue weighted by atomic mass is 10.0. The minimum Gasteiger partial charge on any atom is -0.478 e. The van der Waals surface area contributed by atoms with Crippen molar-refractivity contribution < 1.29 is 23.1 Å². The van der Waals surface area contributed by atoms with Crippen LogP contribution in [0.4, 0.5) is 5.69 Å². The number of carbonyl (C=O) groups excluding carboxylic acids is 1. The van der Waals surface area contributed by atoms with Crippen LogP contribution in [0.15, 0.2) is 41.3 Å². The molecule has 2 aromatic carbocycles. The van der Waals surface area contributed by atoms with E-state index in [1.807, 2.05) is 0 Å². The summed E-state index contributed by atoms with van der Waals surface area (Å²) in [5.74, 6) is -1.59. The summed E-state index contributed by atoms with van der Waals surface area (Å²) >= 11 is 0. The fourth-order valence-electron chi connectivity index (χ4n) is 2.70. The second-order valence-corrected chi connectivity index (χ2v) is 8.38. The number of carboxylic acids is 1. The van der Waals surface area contributed by atoms with Crippen LogP contribution in [0, 0.1) is 13.8 Å². The van der Waals surface area contributed by atoms with E-state index in [1.54, 1.807) is 19.9 Å². The quantitative estimate of drug-likeness (QED) is 0.704. The Hall–Kier alpha value is -2.71. The molecule has 0 spiro atoms. The van der Waals surface area contributed by atoms with Gasteiger partial charge in [0.1, 0.15) is 0 Å². The Labute approximate surface area is 157 Å². The van der Waals surface area contributed by atoms with E-state index in [-0.39, 0.29) is 22.1 Å². The number of aryl methyl sites for hydroxylation is 2. The van der Waals surface area contributed by atoms with Gasteiger partial charge in [0.2, 0.25) is 10.0 Å². The number of carbonyl (C=O) groups is 2. The van der Waals surface area contributed by atoms with Gasteiger partial charge in [0.25, 0.3) is 5.91 Å². The highest BCUT2D eigenvalue weighted by molar-refractivity contribution is 7.89. The molecule has 0 atom stereocenters. The molecule has 0 aliphatic heterocycles. The van der Waals surface area contributed by atoms with Gasteiger partial charge in [-0.2, -0.15) is 0 Å².